The zero-order valence-corrected chi connectivity index (χ0v) is 19.3. The molecule has 176 valence electrons. The van der Waals surface area contributed by atoms with Crippen molar-refractivity contribution in [2.75, 3.05) is 39.4 Å². The molecular weight excluding hydrogens is 410 g/mol. The lowest BCUT2D eigenvalue weighted by Crippen LogP contribution is -2.67. The summed E-state index contributed by atoms with van der Waals surface area (Å²) in [6, 6.07) is 8.31. The quantitative estimate of drug-likeness (QED) is 0.411. The zero-order valence-electron chi connectivity index (χ0n) is 19.3. The highest BCUT2D eigenvalue weighted by molar-refractivity contribution is 5.88. The van der Waals surface area contributed by atoms with E-state index in [0.29, 0.717) is 19.8 Å². The van der Waals surface area contributed by atoms with Crippen molar-refractivity contribution in [3.63, 3.8) is 0 Å². The molecule has 2 fully saturated rings. The number of carbonyl (C=O) groups is 3. The number of aromatic amines is 1. The fourth-order valence-corrected chi connectivity index (χ4v) is 2.91. The van der Waals surface area contributed by atoms with E-state index in [2.05, 4.69) is 72.1 Å². The van der Waals surface area contributed by atoms with Gasteiger partial charge in [0.1, 0.15) is 0 Å². The van der Waals surface area contributed by atoms with Crippen LogP contribution >= 0.6 is 0 Å². The van der Waals surface area contributed by atoms with Gasteiger partial charge in [0.25, 0.3) is 0 Å². The Balaban J connectivity index is 0.000000216. The van der Waals surface area contributed by atoms with E-state index < -0.39 is 0 Å². The summed E-state index contributed by atoms with van der Waals surface area (Å²) >= 11 is 0. The molecular formula is C23H35N5O4. The first-order chi connectivity index (χ1) is 15.2. The minimum absolute atomic E-state index is 0.0898. The molecule has 0 bridgehead atoms. The molecule has 9 heteroatoms. The Hall–Kier alpha value is -2.91. The van der Waals surface area contributed by atoms with Crippen molar-refractivity contribution in [3.8, 4) is 0 Å². The number of aryl methyl sites for hydroxylation is 1. The van der Waals surface area contributed by atoms with Crippen molar-refractivity contribution >= 4 is 28.6 Å². The van der Waals surface area contributed by atoms with Crippen molar-refractivity contribution in [2.45, 2.75) is 33.2 Å². The number of rotatable bonds is 0. The number of ether oxygens (including phenoxy) is 1. The van der Waals surface area contributed by atoms with Gasteiger partial charge in [-0.25, -0.2) is 0 Å². The second-order valence-electron chi connectivity index (χ2n) is 8.71. The van der Waals surface area contributed by atoms with E-state index in [1.165, 1.54) is 16.5 Å². The molecule has 0 atom stereocenters. The Bertz CT molecular complexity index is 874. The molecule has 0 saturated carbocycles. The van der Waals surface area contributed by atoms with Gasteiger partial charge in [-0.2, -0.15) is 0 Å². The lowest BCUT2D eigenvalue weighted by Gasteiger charge is -2.42. The van der Waals surface area contributed by atoms with Crippen LogP contribution in [0.3, 0.4) is 0 Å². The van der Waals surface area contributed by atoms with E-state index in [1.807, 2.05) is 12.3 Å². The maximum absolute atomic E-state index is 11.5. The van der Waals surface area contributed by atoms with Gasteiger partial charge in [0.2, 0.25) is 17.7 Å². The Kier molecular flexibility index (Phi) is 9.67. The minimum atomic E-state index is -0.388. The van der Waals surface area contributed by atoms with Crippen LogP contribution in [0, 0.1) is 12.8 Å². The molecule has 2 saturated heterocycles. The third-order valence-corrected chi connectivity index (χ3v) is 4.69. The third-order valence-electron chi connectivity index (χ3n) is 4.69. The average molecular weight is 446 g/mol. The predicted octanol–water partition coefficient (Wildman–Crippen LogP) is 0.846. The molecule has 0 unspecified atom stereocenters. The number of para-hydroxylation sites is 1. The van der Waals surface area contributed by atoms with Crippen LogP contribution in [-0.2, 0) is 19.1 Å². The smallest absolute Gasteiger partial charge is 0.239 e. The number of carbonyl (C=O) groups excluding carboxylic acids is 3. The molecule has 2 aliphatic rings. The molecule has 1 aromatic carbocycles. The van der Waals surface area contributed by atoms with Gasteiger partial charge < -0.3 is 25.7 Å². The second kappa shape index (κ2) is 12.2. The van der Waals surface area contributed by atoms with Crippen LogP contribution in [0.4, 0.5) is 0 Å². The highest BCUT2D eigenvalue weighted by Crippen LogP contribution is 2.16. The van der Waals surface area contributed by atoms with E-state index in [1.54, 1.807) is 0 Å². The number of nitrogens with one attached hydrogen (secondary N) is 5. The van der Waals surface area contributed by atoms with Crippen molar-refractivity contribution in [2.24, 2.45) is 5.92 Å². The van der Waals surface area contributed by atoms with Gasteiger partial charge in [0.05, 0.1) is 38.4 Å². The largest absolute Gasteiger partial charge is 0.377 e. The molecule has 1 aromatic heterocycles. The highest BCUT2D eigenvalue weighted by atomic mass is 16.5. The molecule has 2 aliphatic heterocycles. The van der Waals surface area contributed by atoms with Gasteiger partial charge in [-0.05, 0) is 24.5 Å². The van der Waals surface area contributed by atoms with Crippen LogP contribution in [0.15, 0.2) is 30.5 Å². The summed E-state index contributed by atoms with van der Waals surface area (Å²) < 4.78 is 5.11. The van der Waals surface area contributed by atoms with E-state index >= 15 is 0 Å². The van der Waals surface area contributed by atoms with E-state index in [0.717, 1.165) is 5.92 Å². The third kappa shape index (κ3) is 8.32. The van der Waals surface area contributed by atoms with Gasteiger partial charge in [0, 0.05) is 23.6 Å². The van der Waals surface area contributed by atoms with Gasteiger partial charge >= 0.3 is 0 Å². The molecule has 5 N–H and O–H groups in total. The molecule has 2 aromatic rings. The molecule has 0 radical (unpaired) electrons. The van der Waals surface area contributed by atoms with Gasteiger partial charge in [0.15, 0.2) is 0 Å². The Morgan fingerprint density at radius 2 is 1.44 bits per heavy atom. The first-order valence-corrected chi connectivity index (χ1v) is 10.9. The average Bonchev–Trinajstić information content (AvgIpc) is 3.10. The monoisotopic (exact) mass is 445 g/mol. The normalized spacial score (nSPS) is 18.5. The van der Waals surface area contributed by atoms with Crippen LogP contribution < -0.4 is 21.3 Å². The van der Waals surface area contributed by atoms with Gasteiger partial charge in [-0.3, -0.25) is 19.7 Å². The maximum atomic E-state index is 11.5. The van der Waals surface area contributed by atoms with Crippen LogP contribution in [-0.4, -0.2) is 67.6 Å². The van der Waals surface area contributed by atoms with Crippen molar-refractivity contribution in [1.29, 1.82) is 0 Å². The van der Waals surface area contributed by atoms with Crippen molar-refractivity contribution in [3.05, 3.63) is 36.0 Å². The van der Waals surface area contributed by atoms with Crippen LogP contribution in [0.2, 0.25) is 0 Å². The van der Waals surface area contributed by atoms with E-state index in [-0.39, 0.29) is 42.9 Å². The lowest BCUT2D eigenvalue weighted by molar-refractivity contribution is -0.130. The Morgan fingerprint density at radius 3 is 2.00 bits per heavy atom. The van der Waals surface area contributed by atoms with Crippen LogP contribution in [0.25, 0.3) is 10.9 Å². The summed E-state index contributed by atoms with van der Waals surface area (Å²) in [4.78, 5) is 37.3. The van der Waals surface area contributed by atoms with Gasteiger partial charge in [-0.1, -0.05) is 39.0 Å². The molecule has 1 spiro atoms. The Morgan fingerprint density at radius 1 is 0.875 bits per heavy atom. The van der Waals surface area contributed by atoms with Crippen LogP contribution in [0.1, 0.15) is 26.3 Å². The molecule has 32 heavy (non-hydrogen) atoms. The molecule has 0 aliphatic carbocycles. The minimum Gasteiger partial charge on any atom is -0.377 e. The van der Waals surface area contributed by atoms with Crippen molar-refractivity contribution in [1.82, 2.24) is 26.3 Å². The fraction of sp³-hybridized carbons (Fsp3) is 0.522. The predicted molar refractivity (Wildman–Crippen MR) is 124 cm³/mol. The van der Waals surface area contributed by atoms with Gasteiger partial charge in [-0.15, -0.1) is 0 Å². The number of benzene rings is 1. The first-order valence-electron chi connectivity index (χ1n) is 10.9. The maximum Gasteiger partial charge on any atom is 0.239 e. The van der Waals surface area contributed by atoms with Crippen LogP contribution in [0.5, 0.6) is 0 Å². The number of amides is 3. The zero-order chi connectivity index (χ0) is 23.6. The summed E-state index contributed by atoms with van der Waals surface area (Å²) in [6.45, 7) is 9.75. The topological polar surface area (TPSA) is 124 Å². The number of hydrogen-bond acceptors (Lipinski definition) is 5. The lowest BCUT2D eigenvalue weighted by atomic mass is 9.97. The molecule has 4 rings (SSSR count). The highest BCUT2D eigenvalue weighted by Gasteiger charge is 2.39. The molecule has 3 heterocycles. The molecule has 9 nitrogen and oxygen atoms in total. The van der Waals surface area contributed by atoms with E-state index in [4.69, 9.17) is 4.74 Å². The van der Waals surface area contributed by atoms with Crippen molar-refractivity contribution < 1.29 is 19.1 Å². The first kappa shape index (κ1) is 25.4. The standard InChI is InChI=1S/C10H16N4O4.C9H9N.C4H10/c15-7-1-12-9(17)3-14-10(5-18-6-10)4-13-8(16)2-11-7;1-7-6-10-9-5-3-2-4-8(7)9;1-4(2)3/h14H,1-6H2,(H,11,15)(H,12,17)(H,13,16);2-6,10H,1H3;4H,1-3H3. The number of hydrogen-bond donors (Lipinski definition) is 5. The second-order valence-corrected chi connectivity index (χ2v) is 8.71. The Labute approximate surface area is 189 Å². The van der Waals surface area contributed by atoms with E-state index in [9.17, 15) is 14.4 Å². The summed E-state index contributed by atoms with van der Waals surface area (Å²) in [7, 11) is 0. The summed E-state index contributed by atoms with van der Waals surface area (Å²) in [5.74, 6) is -0.0765. The summed E-state index contributed by atoms with van der Waals surface area (Å²) in [5, 5.41) is 12.0. The molecule has 3 amide bonds. The SMILES string of the molecule is CC(C)C.Cc1c[nH]c2ccccc12.O=C1CNC(=O)CNC2(CNC(=O)CN1)COC2. The summed E-state index contributed by atoms with van der Waals surface area (Å²) in [5.41, 5.74) is 2.16. The number of aromatic nitrogens is 1. The number of H-pyrrole nitrogens is 1. The fourth-order valence-electron chi connectivity index (χ4n) is 2.91. The summed E-state index contributed by atoms with van der Waals surface area (Å²) in [6.07, 6.45) is 2.03. The number of fused-ring (bicyclic) bond motifs is 1.